The fourth-order valence-corrected chi connectivity index (χ4v) is 14.9. The van der Waals surface area contributed by atoms with Gasteiger partial charge in [-0.3, -0.25) is 0 Å². The van der Waals surface area contributed by atoms with Crippen LogP contribution >= 0.6 is 0 Å². The number of hydrogen-bond acceptors (Lipinski definition) is 0. The Morgan fingerprint density at radius 1 is 0.923 bits per heavy atom. The SMILES string of the molecule is CC[Se]CC[CH2][Sn]([CH2]C)([CH2]C)[CH2]C. The second kappa shape index (κ2) is 8.61. The van der Waals surface area contributed by atoms with E-state index in [0.29, 0.717) is 0 Å². The summed E-state index contributed by atoms with van der Waals surface area (Å²) < 4.78 is 6.43. The van der Waals surface area contributed by atoms with Crippen molar-refractivity contribution in [2.45, 2.75) is 62.5 Å². The zero-order valence-corrected chi connectivity index (χ0v) is 14.4. The molecule has 0 aromatic carbocycles. The maximum atomic E-state index is 2.45. The first-order valence-corrected chi connectivity index (χ1v) is 16.3. The van der Waals surface area contributed by atoms with Gasteiger partial charge in [-0.15, -0.1) is 0 Å². The van der Waals surface area contributed by atoms with Crippen molar-refractivity contribution in [3.63, 3.8) is 0 Å². The summed E-state index contributed by atoms with van der Waals surface area (Å²) in [6.07, 6.45) is 1.57. The molecule has 80 valence electrons. The van der Waals surface area contributed by atoms with Crippen LogP contribution in [0.3, 0.4) is 0 Å². The van der Waals surface area contributed by atoms with E-state index in [4.69, 9.17) is 0 Å². The third kappa shape index (κ3) is 5.69. The van der Waals surface area contributed by atoms with Gasteiger partial charge in [0.05, 0.1) is 0 Å². The standard InChI is InChI=1S/C5H11Se.3C2H5.Sn/c1-3-5-6-4-2;3*1-2;/h1,3-5H2,2H3;3*1H2,2H3;. The van der Waals surface area contributed by atoms with Crippen molar-refractivity contribution in [1.29, 1.82) is 0 Å². The van der Waals surface area contributed by atoms with Gasteiger partial charge < -0.3 is 0 Å². The molecule has 0 rings (SSSR count). The van der Waals surface area contributed by atoms with E-state index >= 15 is 0 Å². The molecule has 0 aliphatic carbocycles. The van der Waals surface area contributed by atoms with Crippen molar-refractivity contribution in [2.75, 3.05) is 0 Å². The van der Waals surface area contributed by atoms with Crippen LogP contribution in [0.4, 0.5) is 0 Å². The van der Waals surface area contributed by atoms with Crippen LogP contribution in [0.25, 0.3) is 0 Å². The first-order chi connectivity index (χ1) is 6.24. The van der Waals surface area contributed by atoms with Crippen LogP contribution in [0.5, 0.6) is 0 Å². The van der Waals surface area contributed by atoms with E-state index in [2.05, 4.69) is 27.7 Å². The second-order valence-corrected chi connectivity index (χ2v) is 22.8. The average Bonchev–Trinajstić information content (AvgIpc) is 2.20. The molecule has 0 aromatic rings. The Balaban J connectivity index is 3.68. The van der Waals surface area contributed by atoms with Crippen LogP contribution in [0.2, 0.25) is 28.4 Å². The van der Waals surface area contributed by atoms with E-state index in [1.54, 1.807) is 29.5 Å². The molecule has 0 saturated carbocycles. The summed E-state index contributed by atoms with van der Waals surface area (Å²) in [6, 6.07) is 0. The molecule has 0 aromatic heterocycles. The molecule has 0 fully saturated rings. The van der Waals surface area contributed by atoms with Crippen molar-refractivity contribution in [1.82, 2.24) is 0 Å². The van der Waals surface area contributed by atoms with Crippen LogP contribution in [0, 0.1) is 0 Å². The Labute approximate surface area is 95.3 Å². The van der Waals surface area contributed by atoms with E-state index in [1.807, 2.05) is 0 Å². The van der Waals surface area contributed by atoms with E-state index in [9.17, 15) is 0 Å². The van der Waals surface area contributed by atoms with E-state index in [0.717, 1.165) is 15.0 Å². The van der Waals surface area contributed by atoms with Crippen molar-refractivity contribution >= 4 is 33.3 Å². The van der Waals surface area contributed by atoms with Crippen LogP contribution in [0.15, 0.2) is 0 Å². The molecule has 0 nitrogen and oxygen atoms in total. The minimum absolute atomic E-state index is 0.965. The van der Waals surface area contributed by atoms with Gasteiger partial charge in [0.25, 0.3) is 0 Å². The molecule has 13 heavy (non-hydrogen) atoms. The van der Waals surface area contributed by atoms with Gasteiger partial charge in [0.15, 0.2) is 0 Å². The van der Waals surface area contributed by atoms with Gasteiger partial charge in [-0.2, -0.15) is 0 Å². The maximum absolute atomic E-state index is 2.45. The van der Waals surface area contributed by atoms with Gasteiger partial charge in [-0.05, 0) is 0 Å². The molecule has 0 heterocycles. The molecule has 0 spiro atoms. The molecule has 0 aliphatic heterocycles. The summed E-state index contributed by atoms with van der Waals surface area (Å²) in [5.74, 6) is 0. The Morgan fingerprint density at radius 2 is 1.46 bits per heavy atom. The third-order valence-corrected chi connectivity index (χ3v) is 22.4. The minimum atomic E-state index is -1.50. The zero-order valence-electron chi connectivity index (χ0n) is 9.86. The summed E-state index contributed by atoms with van der Waals surface area (Å²) in [5.41, 5.74) is 0. The Morgan fingerprint density at radius 3 is 1.85 bits per heavy atom. The van der Waals surface area contributed by atoms with Crippen LogP contribution < -0.4 is 0 Å². The molecular formula is C11H26SeSn. The quantitative estimate of drug-likeness (QED) is 0.446. The fraction of sp³-hybridized carbons (Fsp3) is 1.00. The number of hydrogen-bond donors (Lipinski definition) is 0. The summed E-state index contributed by atoms with van der Waals surface area (Å²) >= 11 is -0.530. The third-order valence-electron chi connectivity index (χ3n) is 3.45. The molecule has 0 bridgehead atoms. The molecular weight excluding hydrogens is 330 g/mol. The van der Waals surface area contributed by atoms with Gasteiger partial charge in [-0.25, -0.2) is 0 Å². The van der Waals surface area contributed by atoms with Crippen molar-refractivity contribution in [2.24, 2.45) is 0 Å². The topological polar surface area (TPSA) is 0 Å². The summed E-state index contributed by atoms with van der Waals surface area (Å²) in [7, 11) is 0. The van der Waals surface area contributed by atoms with Gasteiger partial charge in [0.1, 0.15) is 0 Å². The molecule has 0 radical (unpaired) electrons. The van der Waals surface area contributed by atoms with Gasteiger partial charge in [-0.1, -0.05) is 0 Å². The summed E-state index contributed by atoms with van der Waals surface area (Å²) in [4.78, 5) is 0. The molecule has 0 amide bonds. The van der Waals surface area contributed by atoms with E-state index in [-0.39, 0.29) is 0 Å². The second-order valence-electron chi connectivity index (χ2n) is 3.86. The van der Waals surface area contributed by atoms with E-state index in [1.165, 1.54) is 5.32 Å². The van der Waals surface area contributed by atoms with Crippen LogP contribution in [-0.2, 0) is 0 Å². The van der Waals surface area contributed by atoms with Gasteiger partial charge >= 0.3 is 95.8 Å². The Bertz CT molecular complexity index is 102. The summed E-state index contributed by atoms with van der Waals surface area (Å²) in [5, 5.41) is 3.00. The predicted molar refractivity (Wildman–Crippen MR) is 67.7 cm³/mol. The first kappa shape index (κ1) is 14.3. The monoisotopic (exact) mass is 358 g/mol. The van der Waals surface area contributed by atoms with Crippen molar-refractivity contribution in [3.8, 4) is 0 Å². The number of rotatable bonds is 8. The predicted octanol–water partition coefficient (Wildman–Crippen LogP) is 4.45. The average molecular weight is 356 g/mol. The normalized spacial score (nSPS) is 12.0. The Hall–Kier alpha value is 1.32. The van der Waals surface area contributed by atoms with Crippen molar-refractivity contribution < 1.29 is 0 Å². The van der Waals surface area contributed by atoms with Gasteiger partial charge in [0, 0.05) is 0 Å². The molecule has 0 aliphatic rings. The van der Waals surface area contributed by atoms with Gasteiger partial charge in [0.2, 0.25) is 0 Å². The molecule has 0 atom stereocenters. The molecule has 0 N–H and O–H groups in total. The van der Waals surface area contributed by atoms with Crippen molar-refractivity contribution in [3.05, 3.63) is 0 Å². The van der Waals surface area contributed by atoms with E-state index < -0.39 is 18.4 Å². The Kier molecular flexibility index (Phi) is 9.49. The fourth-order valence-electron chi connectivity index (χ4n) is 1.97. The first-order valence-electron chi connectivity index (χ1n) is 5.82. The van der Waals surface area contributed by atoms with Crippen LogP contribution in [-0.4, -0.2) is 33.3 Å². The van der Waals surface area contributed by atoms with Crippen LogP contribution in [0.1, 0.15) is 34.1 Å². The molecule has 2 heteroatoms. The zero-order chi connectivity index (χ0) is 10.2. The molecule has 0 unspecified atom stereocenters. The summed E-state index contributed by atoms with van der Waals surface area (Å²) in [6.45, 7) is 9.69. The molecule has 0 saturated heterocycles.